The van der Waals surface area contributed by atoms with Gasteiger partial charge in [-0.3, -0.25) is 5.43 Å². The highest BCUT2D eigenvalue weighted by molar-refractivity contribution is 5.75. The average Bonchev–Trinajstić information content (AvgIpc) is 2.15. The number of hydrazone groups is 1. The molecule has 0 aromatic heterocycles. The Hall–Kier alpha value is -1.91. The van der Waals surface area contributed by atoms with Crippen molar-refractivity contribution in [2.24, 2.45) is 16.6 Å². The highest BCUT2D eigenvalue weighted by Gasteiger charge is 1.95. The summed E-state index contributed by atoms with van der Waals surface area (Å²) >= 11 is 0. The molecule has 0 fully saturated rings. The number of ether oxygens (including phenoxy) is 1. The van der Waals surface area contributed by atoms with Gasteiger partial charge in [-0.25, -0.2) is 0 Å². The summed E-state index contributed by atoms with van der Waals surface area (Å²) in [7, 11) is 0. The zero-order valence-corrected chi connectivity index (χ0v) is 8.03. The van der Waals surface area contributed by atoms with E-state index in [1.54, 1.807) is 0 Å². The summed E-state index contributed by atoms with van der Waals surface area (Å²) in [6.07, 6.45) is 0. The molecule has 5 nitrogen and oxygen atoms in total. The van der Waals surface area contributed by atoms with Crippen molar-refractivity contribution >= 4 is 5.96 Å². The minimum absolute atomic E-state index is 0.0154. The molecule has 1 rings (SSSR count). The minimum atomic E-state index is -0.0154. The van der Waals surface area contributed by atoms with Crippen LogP contribution < -0.4 is 21.6 Å². The fourth-order valence-corrected chi connectivity index (χ4v) is 0.952. The average molecular weight is 194 g/mol. The van der Waals surface area contributed by atoms with Gasteiger partial charge in [-0.05, 0) is 18.6 Å². The predicted octanol–water partition coefficient (Wildman–Crippen LogP) is 0.109. The molecule has 5 N–H and O–H groups in total. The third-order valence-electron chi connectivity index (χ3n) is 1.59. The third-order valence-corrected chi connectivity index (χ3v) is 1.59. The topological polar surface area (TPSA) is 85.7 Å². The molecule has 0 bridgehead atoms. The van der Waals surface area contributed by atoms with E-state index in [1.807, 2.05) is 31.2 Å². The molecule has 1 aromatic carbocycles. The van der Waals surface area contributed by atoms with Crippen LogP contribution in [-0.4, -0.2) is 12.7 Å². The lowest BCUT2D eigenvalue weighted by Gasteiger charge is -2.07. The van der Waals surface area contributed by atoms with Crippen LogP contribution in [0, 0.1) is 6.92 Å². The monoisotopic (exact) mass is 194 g/mol. The molecule has 0 radical (unpaired) electrons. The van der Waals surface area contributed by atoms with E-state index >= 15 is 0 Å². The van der Waals surface area contributed by atoms with E-state index in [2.05, 4.69) is 10.5 Å². The second kappa shape index (κ2) is 4.96. The lowest BCUT2D eigenvalue weighted by atomic mass is 10.2. The van der Waals surface area contributed by atoms with Crippen molar-refractivity contribution in [1.29, 1.82) is 0 Å². The van der Waals surface area contributed by atoms with Gasteiger partial charge in [0, 0.05) is 0 Å². The van der Waals surface area contributed by atoms with Crippen LogP contribution >= 0.6 is 0 Å². The molecule has 0 saturated heterocycles. The molecular weight excluding hydrogens is 180 g/mol. The summed E-state index contributed by atoms with van der Waals surface area (Å²) < 4.78 is 5.36. The largest absolute Gasteiger partial charge is 0.472 e. The number of hydrogen-bond donors (Lipinski definition) is 3. The molecule has 0 heterocycles. The number of aryl methyl sites for hydroxylation is 1. The molecule has 5 heteroatoms. The summed E-state index contributed by atoms with van der Waals surface area (Å²) in [6.45, 7) is 2.21. The summed E-state index contributed by atoms with van der Waals surface area (Å²) in [6, 6.07) is 7.71. The van der Waals surface area contributed by atoms with Crippen LogP contribution in [0.5, 0.6) is 5.75 Å². The first-order valence-electron chi connectivity index (χ1n) is 4.20. The first kappa shape index (κ1) is 10.2. The Morgan fingerprint density at radius 2 is 2.14 bits per heavy atom. The van der Waals surface area contributed by atoms with Crippen LogP contribution in [0.4, 0.5) is 0 Å². The van der Waals surface area contributed by atoms with Crippen LogP contribution in [0.2, 0.25) is 0 Å². The van der Waals surface area contributed by atoms with Crippen LogP contribution in [0.3, 0.4) is 0 Å². The molecule has 0 saturated carbocycles. The molecule has 0 amide bonds. The Morgan fingerprint density at radius 3 is 2.79 bits per heavy atom. The van der Waals surface area contributed by atoms with Gasteiger partial charge in [0.15, 0.2) is 6.73 Å². The lowest BCUT2D eigenvalue weighted by molar-refractivity contribution is 0.285. The zero-order chi connectivity index (χ0) is 10.4. The second-order valence-corrected chi connectivity index (χ2v) is 2.75. The highest BCUT2D eigenvalue weighted by Crippen LogP contribution is 2.15. The van der Waals surface area contributed by atoms with Gasteiger partial charge >= 0.3 is 0 Å². The number of nitrogens with two attached hydrogens (primary N) is 2. The molecular formula is C9H14N4O. The van der Waals surface area contributed by atoms with E-state index in [0.29, 0.717) is 0 Å². The summed E-state index contributed by atoms with van der Waals surface area (Å²) in [5, 5.41) is 3.57. The fraction of sp³-hybridized carbons (Fsp3) is 0.222. The first-order valence-corrected chi connectivity index (χ1v) is 4.20. The Labute approximate surface area is 82.7 Å². The molecule has 76 valence electrons. The SMILES string of the molecule is Cc1ccccc1OCNN=C(N)N. The molecule has 0 spiro atoms. The molecule has 0 atom stereocenters. The Bertz CT molecular complexity index is 320. The first-order chi connectivity index (χ1) is 6.70. The third kappa shape index (κ3) is 3.22. The van der Waals surface area contributed by atoms with E-state index in [-0.39, 0.29) is 12.7 Å². The van der Waals surface area contributed by atoms with Crippen molar-refractivity contribution in [3.63, 3.8) is 0 Å². The number of benzene rings is 1. The maximum atomic E-state index is 5.36. The van der Waals surface area contributed by atoms with Crippen LogP contribution in [0.25, 0.3) is 0 Å². The normalized spacial score (nSPS) is 9.21. The van der Waals surface area contributed by atoms with Gasteiger partial charge in [0.2, 0.25) is 5.96 Å². The standard InChI is InChI=1S/C9H14N4O/c1-7-4-2-3-5-8(7)14-6-12-13-9(10)11/h2-5,12H,6H2,1H3,(H4,10,11,13). The van der Waals surface area contributed by atoms with Crippen molar-refractivity contribution in [3.8, 4) is 5.75 Å². The minimum Gasteiger partial charge on any atom is -0.472 e. The quantitative estimate of drug-likeness (QED) is 0.209. The van der Waals surface area contributed by atoms with Gasteiger partial charge in [0.05, 0.1) is 0 Å². The number of nitrogens with zero attached hydrogens (tertiary/aromatic N) is 1. The van der Waals surface area contributed by atoms with E-state index in [1.165, 1.54) is 0 Å². The van der Waals surface area contributed by atoms with E-state index in [4.69, 9.17) is 16.2 Å². The van der Waals surface area contributed by atoms with Crippen molar-refractivity contribution in [2.45, 2.75) is 6.92 Å². The number of nitrogens with one attached hydrogen (secondary N) is 1. The molecule has 0 unspecified atom stereocenters. The lowest BCUT2D eigenvalue weighted by Crippen LogP contribution is -2.27. The van der Waals surface area contributed by atoms with Gasteiger partial charge in [-0.2, -0.15) is 0 Å². The number of hydrogen-bond acceptors (Lipinski definition) is 3. The summed E-state index contributed by atoms with van der Waals surface area (Å²) in [4.78, 5) is 0. The van der Waals surface area contributed by atoms with Gasteiger partial charge in [-0.15, -0.1) is 5.10 Å². The maximum absolute atomic E-state index is 5.36. The molecule has 0 aliphatic carbocycles. The zero-order valence-electron chi connectivity index (χ0n) is 8.03. The summed E-state index contributed by atoms with van der Waals surface area (Å²) in [5.41, 5.74) is 13.9. The van der Waals surface area contributed by atoms with Gasteiger partial charge in [0.25, 0.3) is 0 Å². The second-order valence-electron chi connectivity index (χ2n) is 2.75. The molecule has 0 aliphatic heterocycles. The highest BCUT2D eigenvalue weighted by atomic mass is 16.5. The fourth-order valence-electron chi connectivity index (χ4n) is 0.952. The summed E-state index contributed by atoms with van der Waals surface area (Å²) in [5.74, 6) is 0.796. The van der Waals surface area contributed by atoms with E-state index in [0.717, 1.165) is 11.3 Å². The smallest absolute Gasteiger partial charge is 0.208 e. The van der Waals surface area contributed by atoms with Crippen molar-refractivity contribution in [2.75, 3.05) is 6.73 Å². The number of guanidine groups is 1. The van der Waals surface area contributed by atoms with E-state index in [9.17, 15) is 0 Å². The molecule has 0 aliphatic rings. The van der Waals surface area contributed by atoms with Crippen molar-refractivity contribution in [3.05, 3.63) is 29.8 Å². The van der Waals surface area contributed by atoms with Crippen LogP contribution in [0.1, 0.15) is 5.56 Å². The molecule has 14 heavy (non-hydrogen) atoms. The van der Waals surface area contributed by atoms with Crippen LogP contribution in [-0.2, 0) is 0 Å². The molecule has 1 aromatic rings. The predicted molar refractivity (Wildman–Crippen MR) is 55.6 cm³/mol. The Kier molecular flexibility index (Phi) is 3.60. The van der Waals surface area contributed by atoms with Crippen LogP contribution in [0.15, 0.2) is 29.4 Å². The maximum Gasteiger partial charge on any atom is 0.208 e. The Morgan fingerprint density at radius 1 is 1.43 bits per heavy atom. The van der Waals surface area contributed by atoms with Crippen molar-refractivity contribution < 1.29 is 4.74 Å². The number of para-hydroxylation sites is 1. The van der Waals surface area contributed by atoms with Crippen molar-refractivity contribution in [1.82, 2.24) is 5.43 Å². The Balaban J connectivity index is 2.39. The van der Waals surface area contributed by atoms with Gasteiger partial charge in [0.1, 0.15) is 5.75 Å². The van der Waals surface area contributed by atoms with E-state index < -0.39 is 0 Å². The van der Waals surface area contributed by atoms with Gasteiger partial charge < -0.3 is 16.2 Å². The number of rotatable bonds is 4. The van der Waals surface area contributed by atoms with Gasteiger partial charge in [-0.1, -0.05) is 18.2 Å².